The zero-order valence-electron chi connectivity index (χ0n) is 13.2. The molecule has 0 spiro atoms. The third-order valence-electron chi connectivity index (χ3n) is 3.94. The first-order valence-corrected chi connectivity index (χ1v) is 7.87. The topological polar surface area (TPSA) is 83.1 Å². The van der Waals surface area contributed by atoms with E-state index in [-0.39, 0.29) is 18.7 Å². The average Bonchev–Trinajstić information content (AvgIpc) is 3.15. The number of terminal acetylenes is 1. The third kappa shape index (κ3) is 3.66. The molecule has 7 nitrogen and oxygen atoms in total. The van der Waals surface area contributed by atoms with Crippen LogP contribution in [-0.2, 0) is 0 Å². The molecule has 24 heavy (non-hydrogen) atoms. The molecule has 124 valence electrons. The third-order valence-corrected chi connectivity index (χ3v) is 3.94. The molecule has 0 bridgehead atoms. The largest absolute Gasteiger partial charge is 0.481 e. The lowest BCUT2D eigenvalue weighted by molar-refractivity contribution is 0.159. The lowest BCUT2D eigenvalue weighted by Crippen LogP contribution is -2.41. The number of nitrogens with zero attached hydrogens (tertiary/aromatic N) is 3. The minimum atomic E-state index is -0.145. The van der Waals surface area contributed by atoms with Crippen LogP contribution in [0.4, 0.5) is 10.5 Å². The van der Waals surface area contributed by atoms with Crippen molar-refractivity contribution in [2.45, 2.75) is 25.3 Å². The number of hydrogen-bond donors (Lipinski definition) is 2. The van der Waals surface area contributed by atoms with Crippen molar-refractivity contribution < 1.29 is 9.53 Å². The van der Waals surface area contributed by atoms with E-state index < -0.39 is 0 Å². The molecule has 1 aromatic heterocycles. The number of carbonyl (C=O) groups is 1. The normalized spacial score (nSPS) is 17.1. The highest BCUT2D eigenvalue weighted by Gasteiger charge is 2.29. The Morgan fingerprint density at radius 2 is 2.25 bits per heavy atom. The van der Waals surface area contributed by atoms with Gasteiger partial charge < -0.3 is 15.0 Å². The quantitative estimate of drug-likeness (QED) is 0.846. The number of ether oxygens (including phenoxy) is 1. The van der Waals surface area contributed by atoms with Crippen LogP contribution in [0, 0.1) is 12.3 Å². The summed E-state index contributed by atoms with van der Waals surface area (Å²) in [4.78, 5) is 18.6. The van der Waals surface area contributed by atoms with E-state index in [4.69, 9.17) is 11.2 Å². The SMILES string of the molecule is C#CCOc1ccc(NC(=O)N2CCCC[C@H]2c2ncn[nH]2)cc1. The van der Waals surface area contributed by atoms with Gasteiger partial charge in [-0.3, -0.25) is 5.10 Å². The monoisotopic (exact) mass is 325 g/mol. The predicted molar refractivity (Wildman–Crippen MR) is 89.5 cm³/mol. The highest BCUT2D eigenvalue weighted by Crippen LogP contribution is 2.29. The number of aromatic amines is 1. The molecule has 2 N–H and O–H groups in total. The molecule has 3 rings (SSSR count). The first kappa shape index (κ1) is 15.9. The molecule has 0 unspecified atom stereocenters. The smallest absolute Gasteiger partial charge is 0.322 e. The summed E-state index contributed by atoms with van der Waals surface area (Å²) < 4.78 is 5.32. The van der Waals surface area contributed by atoms with Crippen molar-refractivity contribution >= 4 is 11.7 Å². The molecule has 0 radical (unpaired) electrons. The maximum atomic E-state index is 12.6. The molecule has 1 atom stereocenters. The summed E-state index contributed by atoms with van der Waals surface area (Å²) in [6.07, 6.45) is 9.55. The number of H-pyrrole nitrogens is 1. The zero-order valence-corrected chi connectivity index (χ0v) is 13.2. The van der Waals surface area contributed by atoms with Gasteiger partial charge in [-0.15, -0.1) is 6.42 Å². The lowest BCUT2D eigenvalue weighted by Gasteiger charge is -2.34. The predicted octanol–water partition coefficient (Wildman–Crippen LogP) is 2.58. The van der Waals surface area contributed by atoms with Crippen LogP contribution in [0.1, 0.15) is 31.1 Å². The van der Waals surface area contributed by atoms with E-state index in [1.165, 1.54) is 6.33 Å². The number of amides is 2. The van der Waals surface area contributed by atoms with E-state index in [1.54, 1.807) is 29.2 Å². The van der Waals surface area contributed by atoms with Crippen LogP contribution in [0.2, 0.25) is 0 Å². The maximum absolute atomic E-state index is 12.6. The summed E-state index contributed by atoms with van der Waals surface area (Å²) in [6, 6.07) is 6.91. The molecule has 2 heterocycles. The molecular weight excluding hydrogens is 306 g/mol. The van der Waals surface area contributed by atoms with Crippen LogP contribution in [0.3, 0.4) is 0 Å². The van der Waals surface area contributed by atoms with Gasteiger partial charge in [-0.05, 0) is 43.5 Å². The van der Waals surface area contributed by atoms with Gasteiger partial charge in [0.2, 0.25) is 0 Å². The Kier molecular flexibility index (Phi) is 4.96. The standard InChI is InChI=1S/C17H19N5O2/c1-2-11-24-14-8-6-13(7-9-14)20-17(23)22-10-4-3-5-15(22)16-18-12-19-21-16/h1,6-9,12,15H,3-5,10-11H2,(H,20,23)(H,18,19,21)/t15-/m0/s1. The first-order valence-electron chi connectivity index (χ1n) is 7.87. The number of carbonyl (C=O) groups excluding carboxylic acids is 1. The van der Waals surface area contributed by atoms with Gasteiger partial charge in [-0.2, -0.15) is 5.10 Å². The molecule has 0 saturated carbocycles. The number of nitrogens with one attached hydrogen (secondary N) is 2. The molecule has 7 heteroatoms. The molecule has 1 saturated heterocycles. The summed E-state index contributed by atoms with van der Waals surface area (Å²) in [5.74, 6) is 3.81. The van der Waals surface area contributed by atoms with E-state index in [1.807, 2.05) is 0 Å². The van der Waals surface area contributed by atoms with Gasteiger partial charge in [-0.25, -0.2) is 9.78 Å². The van der Waals surface area contributed by atoms with E-state index in [0.717, 1.165) is 25.1 Å². The number of aromatic nitrogens is 3. The van der Waals surface area contributed by atoms with Crippen molar-refractivity contribution in [1.29, 1.82) is 0 Å². The van der Waals surface area contributed by atoms with Crippen molar-refractivity contribution in [3.05, 3.63) is 36.4 Å². The van der Waals surface area contributed by atoms with E-state index in [0.29, 0.717) is 18.0 Å². The average molecular weight is 325 g/mol. The highest BCUT2D eigenvalue weighted by molar-refractivity contribution is 5.89. The Balaban J connectivity index is 1.65. The first-order chi connectivity index (χ1) is 11.8. The number of benzene rings is 1. The van der Waals surface area contributed by atoms with Crippen LogP contribution in [-0.4, -0.2) is 39.3 Å². The summed E-state index contributed by atoms with van der Waals surface area (Å²) in [6.45, 7) is 0.916. The fourth-order valence-corrected chi connectivity index (χ4v) is 2.79. The van der Waals surface area contributed by atoms with Crippen molar-refractivity contribution in [2.24, 2.45) is 0 Å². The lowest BCUT2D eigenvalue weighted by atomic mass is 10.0. The molecule has 2 aromatic rings. The number of piperidine rings is 1. The van der Waals surface area contributed by atoms with Gasteiger partial charge in [0, 0.05) is 12.2 Å². The molecule has 0 aliphatic carbocycles. The van der Waals surface area contributed by atoms with Crippen molar-refractivity contribution in [3.8, 4) is 18.1 Å². The van der Waals surface area contributed by atoms with Crippen LogP contribution in [0.15, 0.2) is 30.6 Å². The van der Waals surface area contributed by atoms with E-state index >= 15 is 0 Å². The Morgan fingerprint density at radius 3 is 2.96 bits per heavy atom. The van der Waals surface area contributed by atoms with E-state index in [2.05, 4.69) is 26.4 Å². The zero-order chi connectivity index (χ0) is 16.8. The summed E-state index contributed by atoms with van der Waals surface area (Å²) in [5, 5.41) is 9.67. The Morgan fingerprint density at radius 1 is 1.42 bits per heavy atom. The van der Waals surface area contributed by atoms with Crippen LogP contribution in [0.5, 0.6) is 5.75 Å². The minimum Gasteiger partial charge on any atom is -0.481 e. The Labute approximate surface area is 140 Å². The number of likely N-dealkylation sites (tertiary alicyclic amines) is 1. The van der Waals surface area contributed by atoms with Crippen LogP contribution in [0.25, 0.3) is 0 Å². The number of hydrogen-bond acceptors (Lipinski definition) is 4. The molecule has 1 aliphatic heterocycles. The minimum absolute atomic E-state index is 0.0699. The molecule has 1 aliphatic rings. The fourth-order valence-electron chi connectivity index (χ4n) is 2.79. The van der Waals surface area contributed by atoms with Crippen LogP contribution >= 0.6 is 0 Å². The van der Waals surface area contributed by atoms with E-state index in [9.17, 15) is 4.79 Å². The Hall–Kier alpha value is -3.01. The van der Waals surface area contributed by atoms with Gasteiger partial charge in [-0.1, -0.05) is 5.92 Å². The van der Waals surface area contributed by atoms with Gasteiger partial charge in [0.1, 0.15) is 24.5 Å². The van der Waals surface area contributed by atoms with Crippen molar-refractivity contribution in [3.63, 3.8) is 0 Å². The molecular formula is C17H19N5O2. The molecule has 1 aromatic carbocycles. The number of rotatable bonds is 4. The summed E-state index contributed by atoms with van der Waals surface area (Å²) in [7, 11) is 0. The summed E-state index contributed by atoms with van der Waals surface area (Å²) in [5.41, 5.74) is 0.704. The second kappa shape index (κ2) is 7.51. The van der Waals surface area contributed by atoms with Gasteiger partial charge in [0.25, 0.3) is 0 Å². The fraction of sp³-hybridized carbons (Fsp3) is 0.353. The second-order valence-corrected chi connectivity index (χ2v) is 5.52. The van der Waals surface area contributed by atoms with Crippen molar-refractivity contribution in [2.75, 3.05) is 18.5 Å². The van der Waals surface area contributed by atoms with Gasteiger partial charge >= 0.3 is 6.03 Å². The summed E-state index contributed by atoms with van der Waals surface area (Å²) >= 11 is 0. The maximum Gasteiger partial charge on any atom is 0.322 e. The second-order valence-electron chi connectivity index (χ2n) is 5.52. The van der Waals surface area contributed by atoms with Gasteiger partial charge in [0.05, 0.1) is 6.04 Å². The van der Waals surface area contributed by atoms with Gasteiger partial charge in [0.15, 0.2) is 0 Å². The molecule has 1 fully saturated rings. The number of urea groups is 1. The highest BCUT2D eigenvalue weighted by atomic mass is 16.5. The molecule has 2 amide bonds. The number of anilines is 1. The Bertz CT molecular complexity index is 706. The van der Waals surface area contributed by atoms with Crippen LogP contribution < -0.4 is 10.1 Å². The van der Waals surface area contributed by atoms with Crippen molar-refractivity contribution in [1.82, 2.24) is 20.1 Å².